The summed E-state index contributed by atoms with van der Waals surface area (Å²) in [6.07, 6.45) is 0. The third-order valence-electron chi connectivity index (χ3n) is 2.42. The van der Waals surface area contributed by atoms with Crippen molar-refractivity contribution in [2.24, 2.45) is 0 Å². The fraction of sp³-hybridized carbons (Fsp3) is 0.500. The van der Waals surface area contributed by atoms with Gasteiger partial charge in [-0.05, 0) is 24.8 Å². The molecular formula is C12H16F3NOS. The fourth-order valence-corrected chi connectivity index (χ4v) is 2.03. The van der Waals surface area contributed by atoms with Crippen LogP contribution in [0.3, 0.4) is 0 Å². The third-order valence-corrected chi connectivity index (χ3v) is 3.16. The first kappa shape index (κ1) is 15.2. The minimum absolute atomic E-state index is 0.00297. The molecule has 1 N–H and O–H groups in total. The summed E-state index contributed by atoms with van der Waals surface area (Å²) in [5, 5.41) is 3.05. The van der Waals surface area contributed by atoms with Crippen LogP contribution in [0.5, 0.6) is 5.75 Å². The zero-order valence-corrected chi connectivity index (χ0v) is 11.1. The number of nitrogens with one attached hydrogen (secondary N) is 1. The Kier molecular flexibility index (Phi) is 5.81. The van der Waals surface area contributed by atoms with Crippen molar-refractivity contribution in [2.45, 2.75) is 18.5 Å². The molecule has 0 spiro atoms. The first-order valence-electron chi connectivity index (χ1n) is 5.51. The van der Waals surface area contributed by atoms with Gasteiger partial charge in [-0.15, -0.1) is 0 Å². The second-order valence-corrected chi connectivity index (χ2v) is 4.87. The molecule has 0 aromatic heterocycles. The molecule has 0 aliphatic carbocycles. The van der Waals surface area contributed by atoms with Crippen LogP contribution in [0.2, 0.25) is 0 Å². The van der Waals surface area contributed by atoms with Crippen LogP contribution in [0.25, 0.3) is 0 Å². The zero-order chi connectivity index (χ0) is 13.6. The van der Waals surface area contributed by atoms with Crippen molar-refractivity contribution in [3.05, 3.63) is 29.8 Å². The molecule has 2 nitrogen and oxygen atoms in total. The third kappa shape index (κ3) is 5.18. The number of hydrogen-bond acceptors (Lipinski definition) is 3. The summed E-state index contributed by atoms with van der Waals surface area (Å²) in [6, 6.07) is 7.41. The van der Waals surface area contributed by atoms with Gasteiger partial charge in [0.2, 0.25) is 0 Å². The highest BCUT2D eigenvalue weighted by Crippen LogP contribution is 2.30. The number of methoxy groups -OCH3 is 1. The first-order chi connectivity index (χ1) is 8.44. The van der Waals surface area contributed by atoms with Gasteiger partial charge in [-0.3, -0.25) is 0 Å². The average Bonchev–Trinajstić information content (AvgIpc) is 2.33. The van der Waals surface area contributed by atoms with E-state index in [1.165, 1.54) is 0 Å². The maximum atomic E-state index is 11.9. The van der Waals surface area contributed by atoms with Crippen molar-refractivity contribution in [3.63, 3.8) is 0 Å². The molecule has 6 heteroatoms. The molecule has 0 amide bonds. The van der Waals surface area contributed by atoms with Crippen molar-refractivity contribution < 1.29 is 17.9 Å². The summed E-state index contributed by atoms with van der Waals surface area (Å²) in [5.41, 5.74) is -3.22. The number of hydrogen-bond donors (Lipinski definition) is 1. The van der Waals surface area contributed by atoms with E-state index in [2.05, 4.69) is 5.32 Å². The van der Waals surface area contributed by atoms with E-state index in [1.807, 2.05) is 31.2 Å². The van der Waals surface area contributed by atoms with Crippen LogP contribution in [0.4, 0.5) is 13.2 Å². The molecule has 0 unspecified atom stereocenters. The second kappa shape index (κ2) is 6.89. The number of ether oxygens (including phenoxy) is 1. The van der Waals surface area contributed by atoms with Crippen molar-refractivity contribution >= 4 is 11.8 Å². The zero-order valence-electron chi connectivity index (χ0n) is 10.3. The second-order valence-electron chi connectivity index (χ2n) is 3.71. The summed E-state index contributed by atoms with van der Waals surface area (Å²) in [4.78, 5) is 0. The number of alkyl halides is 3. The van der Waals surface area contributed by atoms with Crippen LogP contribution in [0.1, 0.15) is 18.5 Å². The Labute approximate surface area is 109 Å². The topological polar surface area (TPSA) is 21.3 Å². The fourth-order valence-electron chi connectivity index (χ4n) is 1.58. The van der Waals surface area contributed by atoms with Crippen molar-refractivity contribution in [1.29, 1.82) is 0 Å². The Balaban J connectivity index is 2.43. The van der Waals surface area contributed by atoms with E-state index in [-0.39, 0.29) is 23.6 Å². The van der Waals surface area contributed by atoms with Gasteiger partial charge in [0.25, 0.3) is 0 Å². The molecule has 0 bridgehead atoms. The van der Waals surface area contributed by atoms with Crippen LogP contribution in [0, 0.1) is 0 Å². The molecule has 0 aliphatic heterocycles. The summed E-state index contributed by atoms with van der Waals surface area (Å²) < 4.78 is 41.0. The van der Waals surface area contributed by atoms with E-state index in [0.717, 1.165) is 11.3 Å². The van der Waals surface area contributed by atoms with Crippen LogP contribution in [-0.4, -0.2) is 24.9 Å². The number of para-hydroxylation sites is 1. The predicted octanol–water partition coefficient (Wildman–Crippen LogP) is 3.60. The monoisotopic (exact) mass is 279 g/mol. The lowest BCUT2D eigenvalue weighted by Gasteiger charge is -2.17. The number of thioether (sulfide) groups is 1. The molecule has 0 saturated heterocycles. The van der Waals surface area contributed by atoms with E-state index in [4.69, 9.17) is 4.74 Å². The lowest BCUT2D eigenvalue weighted by Crippen LogP contribution is -2.22. The molecule has 0 heterocycles. The first-order valence-corrected chi connectivity index (χ1v) is 6.49. The highest BCUT2D eigenvalue weighted by Gasteiger charge is 2.27. The Morgan fingerprint density at radius 2 is 2.00 bits per heavy atom. The normalized spacial score (nSPS) is 13.4. The minimum atomic E-state index is -4.16. The highest BCUT2D eigenvalue weighted by atomic mass is 32.2. The van der Waals surface area contributed by atoms with Crippen LogP contribution in [0.15, 0.2) is 24.3 Å². The molecule has 1 rings (SSSR count). The molecule has 18 heavy (non-hydrogen) atoms. The summed E-state index contributed by atoms with van der Waals surface area (Å²) in [5.74, 6) is 0.740. The Morgan fingerprint density at radius 3 is 2.61 bits per heavy atom. The van der Waals surface area contributed by atoms with Crippen molar-refractivity contribution in [2.75, 3.05) is 19.4 Å². The van der Waals surface area contributed by atoms with Crippen molar-refractivity contribution in [3.8, 4) is 5.75 Å². The molecule has 1 atom stereocenters. The van der Waals surface area contributed by atoms with Crippen LogP contribution >= 0.6 is 11.8 Å². The standard InChI is InChI=1S/C12H16F3NOS/c1-9(16-7-8-18-12(13,14)15)10-5-3-4-6-11(10)17-2/h3-6,9,16H,7-8H2,1-2H3/t9-/m0/s1. The van der Waals surface area contributed by atoms with Gasteiger partial charge in [0.05, 0.1) is 7.11 Å². The Bertz CT molecular complexity index is 371. The van der Waals surface area contributed by atoms with Crippen LogP contribution in [-0.2, 0) is 0 Å². The highest BCUT2D eigenvalue weighted by molar-refractivity contribution is 8.00. The minimum Gasteiger partial charge on any atom is -0.496 e. The summed E-state index contributed by atoms with van der Waals surface area (Å²) >= 11 is -0.0131. The van der Waals surface area contributed by atoms with Gasteiger partial charge in [-0.1, -0.05) is 18.2 Å². The summed E-state index contributed by atoms with van der Waals surface area (Å²) in [7, 11) is 1.57. The summed E-state index contributed by atoms with van der Waals surface area (Å²) in [6.45, 7) is 2.19. The maximum absolute atomic E-state index is 11.9. The van der Waals surface area contributed by atoms with Gasteiger partial charge in [0, 0.05) is 23.9 Å². The molecule has 102 valence electrons. The lowest BCUT2D eigenvalue weighted by molar-refractivity contribution is -0.0327. The van der Waals surface area contributed by atoms with Gasteiger partial charge >= 0.3 is 5.51 Å². The van der Waals surface area contributed by atoms with Crippen LogP contribution < -0.4 is 10.1 Å². The number of halogens is 3. The largest absolute Gasteiger partial charge is 0.496 e. The van der Waals surface area contributed by atoms with E-state index < -0.39 is 5.51 Å². The molecule has 1 aromatic rings. The van der Waals surface area contributed by atoms with Crippen molar-refractivity contribution in [1.82, 2.24) is 5.32 Å². The van der Waals surface area contributed by atoms with Gasteiger partial charge in [-0.25, -0.2) is 0 Å². The van der Waals surface area contributed by atoms with Gasteiger partial charge in [0.1, 0.15) is 5.75 Å². The quantitative estimate of drug-likeness (QED) is 0.804. The molecule has 1 aromatic carbocycles. The Hall–Kier alpha value is -0.880. The average molecular weight is 279 g/mol. The van der Waals surface area contributed by atoms with Gasteiger partial charge < -0.3 is 10.1 Å². The molecule has 0 fully saturated rings. The molecule has 0 aliphatic rings. The number of benzene rings is 1. The van der Waals surface area contributed by atoms with Gasteiger partial charge in [-0.2, -0.15) is 13.2 Å². The van der Waals surface area contributed by atoms with E-state index in [0.29, 0.717) is 6.54 Å². The van der Waals surface area contributed by atoms with E-state index in [1.54, 1.807) is 7.11 Å². The lowest BCUT2D eigenvalue weighted by atomic mass is 10.1. The maximum Gasteiger partial charge on any atom is 0.441 e. The van der Waals surface area contributed by atoms with Gasteiger partial charge in [0.15, 0.2) is 0 Å². The SMILES string of the molecule is COc1ccccc1[C@H](C)NCCSC(F)(F)F. The van der Waals surface area contributed by atoms with E-state index in [9.17, 15) is 13.2 Å². The Morgan fingerprint density at radius 1 is 1.33 bits per heavy atom. The van der Waals surface area contributed by atoms with E-state index >= 15 is 0 Å². The molecular weight excluding hydrogens is 263 g/mol. The predicted molar refractivity (Wildman–Crippen MR) is 67.9 cm³/mol. The smallest absolute Gasteiger partial charge is 0.441 e. The number of rotatable bonds is 6. The molecule has 0 saturated carbocycles. The molecule has 0 radical (unpaired) electrons.